The summed E-state index contributed by atoms with van der Waals surface area (Å²) in [7, 11) is 0. The summed E-state index contributed by atoms with van der Waals surface area (Å²) in [6.07, 6.45) is 4.51. The van der Waals surface area contributed by atoms with Crippen LogP contribution in [-0.2, 0) is 24.4 Å². The van der Waals surface area contributed by atoms with Gasteiger partial charge in [-0.3, -0.25) is 14.4 Å². The van der Waals surface area contributed by atoms with E-state index in [1.807, 2.05) is 0 Å². The Labute approximate surface area is 139 Å². The van der Waals surface area contributed by atoms with E-state index in [0.717, 1.165) is 44.7 Å². The van der Waals surface area contributed by atoms with Gasteiger partial charge in [0.05, 0.1) is 24.5 Å². The second kappa shape index (κ2) is 6.63. The topological polar surface area (TPSA) is 50.2 Å². The Morgan fingerprint density at radius 3 is 2.78 bits per heavy atom. The van der Waals surface area contributed by atoms with Crippen LogP contribution in [0.25, 0.3) is 0 Å². The standard InChI is InChI=1S/C18H30N4O/c1-18(2,3)7-8-21-9-10-22-16(13-21)11-15(20-22)12-19-17(23)14-5-4-6-14/h11,14H,4-10,12-13H2,1-3H3,(H,19,23). The first-order chi connectivity index (χ1) is 10.9. The number of nitrogens with one attached hydrogen (secondary N) is 1. The van der Waals surface area contributed by atoms with Crippen molar-refractivity contribution in [2.45, 2.75) is 66.1 Å². The molecule has 1 aliphatic heterocycles. The molecule has 2 heterocycles. The highest BCUT2D eigenvalue weighted by atomic mass is 16.1. The lowest BCUT2D eigenvalue weighted by Gasteiger charge is -2.30. The molecule has 0 atom stereocenters. The van der Waals surface area contributed by atoms with Gasteiger partial charge >= 0.3 is 0 Å². The van der Waals surface area contributed by atoms with Crippen molar-refractivity contribution in [3.05, 3.63) is 17.5 Å². The van der Waals surface area contributed by atoms with E-state index in [1.165, 1.54) is 18.5 Å². The summed E-state index contributed by atoms with van der Waals surface area (Å²) in [5.74, 6) is 0.453. The molecule has 128 valence electrons. The van der Waals surface area contributed by atoms with Crippen LogP contribution in [0.5, 0.6) is 0 Å². The number of hydrogen-bond donors (Lipinski definition) is 1. The first kappa shape index (κ1) is 16.5. The molecule has 1 aromatic rings. The Bertz CT molecular complexity index is 554. The molecule has 1 fully saturated rings. The van der Waals surface area contributed by atoms with Gasteiger partial charge < -0.3 is 5.32 Å². The number of rotatable bonds is 5. The Kier molecular flexibility index (Phi) is 4.76. The summed E-state index contributed by atoms with van der Waals surface area (Å²) in [5, 5.41) is 7.68. The molecule has 5 heteroatoms. The summed E-state index contributed by atoms with van der Waals surface area (Å²) in [6.45, 7) is 11.6. The molecule has 23 heavy (non-hydrogen) atoms. The van der Waals surface area contributed by atoms with Crippen LogP contribution in [0.15, 0.2) is 6.07 Å². The van der Waals surface area contributed by atoms with Gasteiger partial charge in [0.25, 0.3) is 0 Å². The van der Waals surface area contributed by atoms with Gasteiger partial charge in [0.15, 0.2) is 0 Å². The van der Waals surface area contributed by atoms with E-state index < -0.39 is 0 Å². The first-order valence-electron chi connectivity index (χ1n) is 8.96. The average Bonchev–Trinajstić information content (AvgIpc) is 2.82. The maximum Gasteiger partial charge on any atom is 0.223 e. The number of nitrogens with zero attached hydrogens (tertiary/aromatic N) is 3. The van der Waals surface area contributed by atoms with Crippen LogP contribution in [0.1, 0.15) is 57.8 Å². The van der Waals surface area contributed by atoms with Crippen molar-refractivity contribution in [2.24, 2.45) is 11.3 Å². The van der Waals surface area contributed by atoms with Crippen molar-refractivity contribution in [3.63, 3.8) is 0 Å². The van der Waals surface area contributed by atoms with Crippen molar-refractivity contribution < 1.29 is 4.79 Å². The predicted molar refractivity (Wildman–Crippen MR) is 90.8 cm³/mol. The summed E-state index contributed by atoms with van der Waals surface area (Å²) in [6, 6.07) is 2.16. The molecule has 0 bridgehead atoms. The monoisotopic (exact) mass is 318 g/mol. The van der Waals surface area contributed by atoms with Crippen molar-refractivity contribution in [1.29, 1.82) is 0 Å². The molecule has 0 spiro atoms. The Hall–Kier alpha value is -1.36. The molecule has 5 nitrogen and oxygen atoms in total. The lowest BCUT2D eigenvalue weighted by molar-refractivity contribution is -0.127. The normalized spacial score (nSPS) is 19.3. The number of hydrogen-bond acceptors (Lipinski definition) is 3. The molecule has 1 aromatic heterocycles. The second-order valence-electron chi connectivity index (χ2n) is 8.28. The SMILES string of the molecule is CC(C)(C)CCN1CCn2nc(CNC(=O)C3CCC3)cc2C1. The lowest BCUT2D eigenvalue weighted by atomic mass is 9.85. The molecule has 1 saturated carbocycles. The van der Waals surface area contributed by atoms with Gasteiger partial charge in [-0.05, 0) is 37.3 Å². The molecule has 3 rings (SSSR count). The van der Waals surface area contributed by atoms with Crippen molar-refractivity contribution >= 4 is 5.91 Å². The smallest absolute Gasteiger partial charge is 0.223 e. The lowest BCUT2D eigenvalue weighted by Crippen LogP contribution is -2.35. The minimum atomic E-state index is 0.203. The van der Waals surface area contributed by atoms with E-state index in [1.54, 1.807) is 0 Å². The Morgan fingerprint density at radius 2 is 2.13 bits per heavy atom. The van der Waals surface area contributed by atoms with Crippen molar-refractivity contribution in [1.82, 2.24) is 20.0 Å². The largest absolute Gasteiger partial charge is 0.350 e. The average molecular weight is 318 g/mol. The molecule has 1 aliphatic carbocycles. The molecule has 1 amide bonds. The zero-order valence-corrected chi connectivity index (χ0v) is 14.8. The van der Waals surface area contributed by atoms with E-state index in [4.69, 9.17) is 0 Å². The third kappa shape index (κ3) is 4.34. The van der Waals surface area contributed by atoms with Crippen LogP contribution < -0.4 is 5.32 Å². The molecule has 0 aromatic carbocycles. The minimum absolute atomic E-state index is 0.203. The van der Waals surface area contributed by atoms with E-state index in [0.29, 0.717) is 12.0 Å². The van der Waals surface area contributed by atoms with Crippen LogP contribution in [0.2, 0.25) is 0 Å². The van der Waals surface area contributed by atoms with Gasteiger partial charge in [0.1, 0.15) is 0 Å². The summed E-state index contributed by atoms with van der Waals surface area (Å²) >= 11 is 0. The van der Waals surface area contributed by atoms with Crippen molar-refractivity contribution in [2.75, 3.05) is 13.1 Å². The van der Waals surface area contributed by atoms with Crippen molar-refractivity contribution in [3.8, 4) is 0 Å². The summed E-state index contributed by atoms with van der Waals surface area (Å²) in [4.78, 5) is 14.4. The van der Waals surface area contributed by atoms with Crippen LogP contribution in [0, 0.1) is 11.3 Å². The molecule has 0 radical (unpaired) electrons. The summed E-state index contributed by atoms with van der Waals surface area (Å²) < 4.78 is 2.11. The van der Waals surface area contributed by atoms with E-state index in [-0.39, 0.29) is 11.8 Å². The van der Waals surface area contributed by atoms with Gasteiger partial charge in [0, 0.05) is 19.0 Å². The van der Waals surface area contributed by atoms with Gasteiger partial charge in [-0.1, -0.05) is 27.2 Å². The maximum absolute atomic E-state index is 11.9. The van der Waals surface area contributed by atoms with Gasteiger partial charge in [-0.25, -0.2) is 0 Å². The third-order valence-corrected chi connectivity index (χ3v) is 5.03. The Balaban J connectivity index is 1.50. The van der Waals surface area contributed by atoms with E-state index in [9.17, 15) is 4.79 Å². The highest BCUT2D eigenvalue weighted by molar-refractivity contribution is 5.79. The third-order valence-electron chi connectivity index (χ3n) is 5.03. The number of fused-ring (bicyclic) bond motifs is 1. The van der Waals surface area contributed by atoms with Crippen LogP contribution in [0.4, 0.5) is 0 Å². The minimum Gasteiger partial charge on any atom is -0.350 e. The van der Waals surface area contributed by atoms with E-state index in [2.05, 4.69) is 46.8 Å². The zero-order valence-electron chi connectivity index (χ0n) is 14.8. The molecule has 0 unspecified atom stereocenters. The Morgan fingerprint density at radius 1 is 1.35 bits per heavy atom. The molecular formula is C18H30N4O. The van der Waals surface area contributed by atoms with E-state index >= 15 is 0 Å². The second-order valence-corrected chi connectivity index (χ2v) is 8.28. The highest BCUT2D eigenvalue weighted by Gasteiger charge is 2.25. The number of aromatic nitrogens is 2. The number of carbonyl (C=O) groups is 1. The highest BCUT2D eigenvalue weighted by Crippen LogP contribution is 2.26. The predicted octanol–water partition coefficient (Wildman–Crippen LogP) is 2.55. The molecular weight excluding hydrogens is 288 g/mol. The maximum atomic E-state index is 11.9. The fourth-order valence-corrected chi connectivity index (χ4v) is 3.14. The number of amides is 1. The van der Waals surface area contributed by atoms with Gasteiger partial charge in [-0.2, -0.15) is 5.10 Å². The van der Waals surface area contributed by atoms with Crippen LogP contribution in [0.3, 0.4) is 0 Å². The quantitative estimate of drug-likeness (QED) is 0.908. The molecule has 1 N–H and O–H groups in total. The van der Waals surface area contributed by atoms with Gasteiger partial charge in [0.2, 0.25) is 5.91 Å². The fraction of sp³-hybridized carbons (Fsp3) is 0.778. The first-order valence-corrected chi connectivity index (χ1v) is 8.96. The zero-order chi connectivity index (χ0) is 16.4. The van der Waals surface area contributed by atoms with Crippen LogP contribution in [-0.4, -0.2) is 33.7 Å². The molecule has 2 aliphatic rings. The summed E-state index contributed by atoms with van der Waals surface area (Å²) in [5.41, 5.74) is 2.65. The molecule has 0 saturated heterocycles. The number of carbonyl (C=O) groups excluding carboxylic acids is 1. The fourth-order valence-electron chi connectivity index (χ4n) is 3.14. The van der Waals surface area contributed by atoms with Crippen LogP contribution >= 0.6 is 0 Å². The van der Waals surface area contributed by atoms with Gasteiger partial charge in [-0.15, -0.1) is 0 Å².